The van der Waals surface area contributed by atoms with Crippen molar-refractivity contribution in [1.82, 2.24) is 0 Å². The van der Waals surface area contributed by atoms with Crippen LogP contribution in [0.1, 0.15) is 37.9 Å². The van der Waals surface area contributed by atoms with Gasteiger partial charge in [0, 0.05) is 17.8 Å². The number of hydrogen-bond acceptors (Lipinski definition) is 2. The van der Waals surface area contributed by atoms with Crippen molar-refractivity contribution in [3.63, 3.8) is 0 Å². The first-order valence-corrected chi connectivity index (χ1v) is 5.78. The third kappa shape index (κ3) is 1.74. The molecule has 0 radical (unpaired) electrons. The highest BCUT2D eigenvalue weighted by molar-refractivity contribution is 5.57. The molecule has 3 atom stereocenters. The van der Waals surface area contributed by atoms with Gasteiger partial charge < -0.3 is 11.1 Å². The SMILES string of the molecule is CCc1ccc2c(c1)C(N)C(C)C(C)N2. The zero-order valence-corrected chi connectivity index (χ0v) is 9.75. The highest BCUT2D eigenvalue weighted by Crippen LogP contribution is 2.35. The zero-order valence-electron chi connectivity index (χ0n) is 9.75. The van der Waals surface area contributed by atoms with E-state index >= 15 is 0 Å². The van der Waals surface area contributed by atoms with Crippen LogP contribution in [-0.2, 0) is 6.42 Å². The minimum Gasteiger partial charge on any atom is -0.382 e. The Bertz CT molecular complexity index is 360. The molecule has 0 bridgehead atoms. The average molecular weight is 204 g/mol. The summed E-state index contributed by atoms with van der Waals surface area (Å²) in [6.07, 6.45) is 1.07. The van der Waals surface area contributed by atoms with Gasteiger partial charge in [0.05, 0.1) is 0 Å². The number of fused-ring (bicyclic) bond motifs is 1. The predicted octanol–water partition coefficient (Wildman–Crippen LogP) is 2.70. The van der Waals surface area contributed by atoms with Crippen LogP contribution in [0.25, 0.3) is 0 Å². The van der Waals surface area contributed by atoms with E-state index in [1.807, 2.05) is 0 Å². The Labute approximate surface area is 91.9 Å². The molecular weight excluding hydrogens is 184 g/mol. The van der Waals surface area contributed by atoms with E-state index in [1.54, 1.807) is 0 Å². The molecule has 1 aromatic rings. The van der Waals surface area contributed by atoms with E-state index in [2.05, 4.69) is 44.3 Å². The van der Waals surface area contributed by atoms with Crippen LogP contribution in [-0.4, -0.2) is 6.04 Å². The minimum absolute atomic E-state index is 0.169. The lowest BCUT2D eigenvalue weighted by Gasteiger charge is -2.35. The topological polar surface area (TPSA) is 38.0 Å². The summed E-state index contributed by atoms with van der Waals surface area (Å²) in [4.78, 5) is 0. The van der Waals surface area contributed by atoms with Gasteiger partial charge in [-0.3, -0.25) is 0 Å². The van der Waals surface area contributed by atoms with Crippen molar-refractivity contribution in [2.75, 3.05) is 5.32 Å². The highest BCUT2D eigenvalue weighted by Gasteiger charge is 2.28. The summed E-state index contributed by atoms with van der Waals surface area (Å²) in [6.45, 7) is 6.58. The molecule has 1 aromatic carbocycles. The van der Waals surface area contributed by atoms with E-state index in [1.165, 1.54) is 16.8 Å². The molecule has 1 aliphatic rings. The molecule has 2 rings (SSSR count). The van der Waals surface area contributed by atoms with E-state index in [9.17, 15) is 0 Å². The standard InChI is InChI=1S/C13H20N2/c1-4-10-5-6-12-11(7-10)13(14)8(2)9(3)15-12/h5-9,13,15H,4,14H2,1-3H3. The van der Waals surface area contributed by atoms with Gasteiger partial charge in [-0.2, -0.15) is 0 Å². The molecule has 0 spiro atoms. The number of nitrogens with two attached hydrogens (primary N) is 1. The van der Waals surface area contributed by atoms with Gasteiger partial charge in [0.15, 0.2) is 0 Å². The minimum atomic E-state index is 0.169. The van der Waals surface area contributed by atoms with Crippen molar-refractivity contribution in [1.29, 1.82) is 0 Å². The van der Waals surface area contributed by atoms with Crippen LogP contribution in [0.2, 0.25) is 0 Å². The second-order valence-electron chi connectivity index (χ2n) is 4.59. The van der Waals surface area contributed by atoms with Crippen LogP contribution < -0.4 is 11.1 Å². The Morgan fingerprint density at radius 1 is 1.33 bits per heavy atom. The maximum Gasteiger partial charge on any atom is 0.0391 e. The van der Waals surface area contributed by atoms with Gasteiger partial charge in [0.2, 0.25) is 0 Å². The number of aryl methyl sites for hydroxylation is 1. The van der Waals surface area contributed by atoms with Crippen LogP contribution >= 0.6 is 0 Å². The fourth-order valence-electron chi connectivity index (χ4n) is 2.21. The van der Waals surface area contributed by atoms with E-state index in [-0.39, 0.29) is 6.04 Å². The average Bonchev–Trinajstić information content (AvgIpc) is 2.26. The largest absolute Gasteiger partial charge is 0.382 e. The quantitative estimate of drug-likeness (QED) is 0.738. The maximum absolute atomic E-state index is 6.26. The molecule has 1 heterocycles. The van der Waals surface area contributed by atoms with Gasteiger partial charge in [-0.1, -0.05) is 26.0 Å². The second-order valence-corrected chi connectivity index (χ2v) is 4.59. The van der Waals surface area contributed by atoms with Crippen molar-refractivity contribution >= 4 is 5.69 Å². The highest BCUT2D eigenvalue weighted by atomic mass is 15.0. The van der Waals surface area contributed by atoms with Crippen LogP contribution in [0.4, 0.5) is 5.69 Å². The van der Waals surface area contributed by atoms with Crippen LogP contribution in [0.3, 0.4) is 0 Å². The van der Waals surface area contributed by atoms with Crippen LogP contribution in [0.5, 0.6) is 0 Å². The number of nitrogens with one attached hydrogen (secondary N) is 1. The summed E-state index contributed by atoms with van der Waals surface area (Å²) >= 11 is 0. The molecule has 1 aliphatic heterocycles. The number of anilines is 1. The van der Waals surface area contributed by atoms with E-state index in [4.69, 9.17) is 5.73 Å². The number of hydrogen-bond donors (Lipinski definition) is 2. The Kier molecular flexibility index (Phi) is 2.70. The van der Waals surface area contributed by atoms with Crippen molar-refractivity contribution in [2.24, 2.45) is 11.7 Å². The maximum atomic E-state index is 6.26. The molecule has 0 saturated carbocycles. The van der Waals surface area contributed by atoms with Gasteiger partial charge in [-0.15, -0.1) is 0 Å². The first-order chi connectivity index (χ1) is 7.13. The normalized spacial score (nSPS) is 29.5. The van der Waals surface area contributed by atoms with E-state index < -0.39 is 0 Å². The third-order valence-electron chi connectivity index (χ3n) is 3.62. The first-order valence-electron chi connectivity index (χ1n) is 5.78. The lowest BCUT2D eigenvalue weighted by atomic mass is 9.84. The Hall–Kier alpha value is -1.02. The van der Waals surface area contributed by atoms with Crippen molar-refractivity contribution < 1.29 is 0 Å². The Balaban J connectivity index is 2.42. The molecule has 0 aromatic heterocycles. The van der Waals surface area contributed by atoms with Gasteiger partial charge >= 0.3 is 0 Å². The summed E-state index contributed by atoms with van der Waals surface area (Å²) in [5, 5.41) is 3.51. The molecule has 3 unspecified atom stereocenters. The second kappa shape index (κ2) is 3.86. The van der Waals surface area contributed by atoms with Crippen molar-refractivity contribution in [2.45, 2.75) is 39.3 Å². The number of benzene rings is 1. The van der Waals surface area contributed by atoms with Gasteiger partial charge in [0.1, 0.15) is 0 Å². The molecule has 2 heteroatoms. The molecule has 0 aliphatic carbocycles. The monoisotopic (exact) mass is 204 g/mol. The molecule has 82 valence electrons. The lowest BCUT2D eigenvalue weighted by molar-refractivity contribution is 0.407. The summed E-state index contributed by atoms with van der Waals surface area (Å²) in [7, 11) is 0. The predicted molar refractivity (Wildman–Crippen MR) is 65.0 cm³/mol. The smallest absolute Gasteiger partial charge is 0.0391 e. The Morgan fingerprint density at radius 2 is 2.07 bits per heavy atom. The first kappa shape index (κ1) is 10.5. The van der Waals surface area contributed by atoms with Gasteiger partial charge in [-0.25, -0.2) is 0 Å². The van der Waals surface area contributed by atoms with Crippen molar-refractivity contribution in [3.05, 3.63) is 29.3 Å². The molecule has 0 amide bonds. The Morgan fingerprint density at radius 3 is 2.73 bits per heavy atom. The molecule has 0 fully saturated rings. The summed E-state index contributed by atoms with van der Waals surface area (Å²) in [6, 6.07) is 7.22. The molecule has 15 heavy (non-hydrogen) atoms. The molecule has 2 nitrogen and oxygen atoms in total. The molecular formula is C13H20N2. The molecule has 3 N–H and O–H groups in total. The van der Waals surface area contributed by atoms with E-state index in [0.717, 1.165) is 6.42 Å². The lowest BCUT2D eigenvalue weighted by Crippen LogP contribution is -2.37. The zero-order chi connectivity index (χ0) is 11.0. The van der Waals surface area contributed by atoms with Crippen LogP contribution in [0.15, 0.2) is 18.2 Å². The summed E-state index contributed by atoms with van der Waals surface area (Å²) in [5.74, 6) is 0.490. The van der Waals surface area contributed by atoms with Gasteiger partial charge in [-0.05, 0) is 36.5 Å². The number of rotatable bonds is 1. The fourth-order valence-corrected chi connectivity index (χ4v) is 2.21. The van der Waals surface area contributed by atoms with Gasteiger partial charge in [0.25, 0.3) is 0 Å². The van der Waals surface area contributed by atoms with Crippen LogP contribution in [0, 0.1) is 5.92 Å². The van der Waals surface area contributed by atoms with Crippen molar-refractivity contribution in [3.8, 4) is 0 Å². The summed E-state index contributed by atoms with van der Waals surface area (Å²) in [5.41, 5.74) is 10.1. The molecule has 0 saturated heterocycles. The fraction of sp³-hybridized carbons (Fsp3) is 0.538. The summed E-state index contributed by atoms with van der Waals surface area (Å²) < 4.78 is 0. The third-order valence-corrected chi connectivity index (χ3v) is 3.62. The van der Waals surface area contributed by atoms with E-state index in [0.29, 0.717) is 12.0 Å².